The first-order valence-corrected chi connectivity index (χ1v) is 10.9. The van der Waals surface area contributed by atoms with Gasteiger partial charge in [0.2, 0.25) is 0 Å². The Morgan fingerprint density at radius 2 is 1.78 bits per heavy atom. The number of nitrogens with zero attached hydrogens (tertiary/aromatic N) is 6. The molecule has 0 amide bonds. The standard InChI is InChI=1S/C21H22ClF3N6S/c1-28-19(15-3-6-17(22)7-4-15)27-31(20(28)32)14-29-9-2-10-30(12-11-29)18-8-5-16(13-26-18)21(23,24)25/h3-8,13H,2,9-12,14H2,1H3. The lowest BCUT2D eigenvalue weighted by Gasteiger charge is -2.23. The highest BCUT2D eigenvalue weighted by atomic mass is 35.5. The molecule has 6 nitrogen and oxygen atoms in total. The van der Waals surface area contributed by atoms with E-state index in [-0.39, 0.29) is 0 Å². The van der Waals surface area contributed by atoms with Gasteiger partial charge in [-0.2, -0.15) is 18.3 Å². The van der Waals surface area contributed by atoms with Crippen LogP contribution in [0.1, 0.15) is 12.0 Å². The second kappa shape index (κ2) is 9.21. The number of hydrogen-bond acceptors (Lipinski definition) is 5. The molecule has 1 fully saturated rings. The summed E-state index contributed by atoms with van der Waals surface area (Å²) in [6.45, 7) is 3.46. The number of aromatic nitrogens is 4. The van der Waals surface area contributed by atoms with Gasteiger partial charge in [-0.3, -0.25) is 4.90 Å². The molecule has 170 valence electrons. The minimum atomic E-state index is -4.38. The van der Waals surface area contributed by atoms with Crippen LogP contribution >= 0.6 is 23.8 Å². The van der Waals surface area contributed by atoms with Gasteiger partial charge in [0.05, 0.1) is 12.2 Å². The van der Waals surface area contributed by atoms with Crippen LogP contribution in [0, 0.1) is 4.77 Å². The van der Waals surface area contributed by atoms with E-state index >= 15 is 0 Å². The number of benzene rings is 1. The first kappa shape index (κ1) is 22.8. The van der Waals surface area contributed by atoms with Crippen molar-refractivity contribution in [3.05, 3.63) is 58.0 Å². The third-order valence-corrected chi connectivity index (χ3v) is 6.20. The summed E-state index contributed by atoms with van der Waals surface area (Å²) in [6.07, 6.45) is -2.63. The van der Waals surface area contributed by atoms with Crippen molar-refractivity contribution in [1.29, 1.82) is 0 Å². The molecule has 1 aliphatic heterocycles. The molecule has 0 bridgehead atoms. The van der Waals surface area contributed by atoms with Crippen molar-refractivity contribution in [2.24, 2.45) is 7.05 Å². The molecular formula is C21H22ClF3N6S. The van der Waals surface area contributed by atoms with E-state index in [1.165, 1.54) is 6.07 Å². The van der Waals surface area contributed by atoms with Crippen LogP contribution in [0.4, 0.5) is 19.0 Å². The van der Waals surface area contributed by atoms with Crippen molar-refractivity contribution in [3.8, 4) is 11.4 Å². The van der Waals surface area contributed by atoms with E-state index in [0.29, 0.717) is 28.8 Å². The Morgan fingerprint density at radius 1 is 1.03 bits per heavy atom. The molecule has 0 aliphatic carbocycles. The van der Waals surface area contributed by atoms with Gasteiger partial charge in [-0.25, -0.2) is 9.67 Å². The molecule has 1 saturated heterocycles. The zero-order valence-electron chi connectivity index (χ0n) is 17.4. The Balaban J connectivity index is 1.44. The normalized spacial score (nSPS) is 15.7. The predicted molar refractivity (Wildman–Crippen MR) is 120 cm³/mol. The average molecular weight is 483 g/mol. The molecule has 1 aromatic carbocycles. The van der Waals surface area contributed by atoms with E-state index in [1.807, 2.05) is 40.8 Å². The molecule has 0 spiro atoms. The van der Waals surface area contributed by atoms with Gasteiger partial charge < -0.3 is 9.47 Å². The third-order valence-electron chi connectivity index (χ3n) is 5.46. The Hall–Kier alpha value is -2.43. The van der Waals surface area contributed by atoms with E-state index in [0.717, 1.165) is 49.7 Å². The van der Waals surface area contributed by atoms with E-state index < -0.39 is 11.7 Å². The second-order valence-corrected chi connectivity index (χ2v) is 8.48. The molecule has 0 saturated carbocycles. The number of pyridine rings is 1. The fraction of sp³-hybridized carbons (Fsp3) is 0.381. The van der Waals surface area contributed by atoms with Crippen LogP contribution in [0.15, 0.2) is 42.6 Å². The maximum absolute atomic E-state index is 12.8. The minimum absolute atomic E-state index is 0.536. The summed E-state index contributed by atoms with van der Waals surface area (Å²) in [4.78, 5) is 8.27. The number of halogens is 4. The maximum atomic E-state index is 12.8. The number of anilines is 1. The highest BCUT2D eigenvalue weighted by Gasteiger charge is 2.31. The summed E-state index contributed by atoms with van der Waals surface area (Å²) in [6, 6.07) is 9.97. The van der Waals surface area contributed by atoms with E-state index in [9.17, 15) is 13.2 Å². The molecule has 0 N–H and O–H groups in total. The predicted octanol–water partition coefficient (Wildman–Crippen LogP) is 4.86. The summed E-state index contributed by atoms with van der Waals surface area (Å²) >= 11 is 11.6. The molecule has 0 atom stereocenters. The summed E-state index contributed by atoms with van der Waals surface area (Å²) in [5, 5.41) is 5.36. The van der Waals surface area contributed by atoms with E-state index in [1.54, 1.807) is 4.68 Å². The van der Waals surface area contributed by atoms with Crippen molar-refractivity contribution in [2.75, 3.05) is 31.1 Å². The minimum Gasteiger partial charge on any atom is -0.355 e. The molecule has 32 heavy (non-hydrogen) atoms. The second-order valence-electron chi connectivity index (χ2n) is 7.67. The Bertz CT molecular complexity index is 1120. The van der Waals surface area contributed by atoms with Gasteiger partial charge in [-0.15, -0.1) is 0 Å². The van der Waals surface area contributed by atoms with Gasteiger partial charge in [-0.1, -0.05) is 11.6 Å². The molecule has 0 unspecified atom stereocenters. The third kappa shape index (κ3) is 4.97. The van der Waals surface area contributed by atoms with Crippen molar-refractivity contribution < 1.29 is 13.2 Å². The topological polar surface area (TPSA) is 42.1 Å². The van der Waals surface area contributed by atoms with Gasteiger partial charge in [0, 0.05) is 50.0 Å². The van der Waals surface area contributed by atoms with Crippen LogP contribution in [0.3, 0.4) is 0 Å². The molecule has 1 aliphatic rings. The fourth-order valence-corrected chi connectivity index (χ4v) is 4.01. The zero-order valence-corrected chi connectivity index (χ0v) is 19.0. The van der Waals surface area contributed by atoms with Crippen LogP contribution in [0.25, 0.3) is 11.4 Å². The van der Waals surface area contributed by atoms with Crippen molar-refractivity contribution in [3.63, 3.8) is 0 Å². The fourth-order valence-electron chi connectivity index (χ4n) is 3.70. The maximum Gasteiger partial charge on any atom is 0.417 e. The van der Waals surface area contributed by atoms with Crippen LogP contribution < -0.4 is 4.90 Å². The molecule has 0 radical (unpaired) electrons. The van der Waals surface area contributed by atoms with Gasteiger partial charge in [0.25, 0.3) is 0 Å². The van der Waals surface area contributed by atoms with Crippen LogP contribution in [0.2, 0.25) is 5.02 Å². The zero-order chi connectivity index (χ0) is 22.9. The lowest BCUT2D eigenvalue weighted by Crippen LogP contribution is -2.32. The largest absolute Gasteiger partial charge is 0.417 e. The number of hydrogen-bond donors (Lipinski definition) is 0. The van der Waals surface area contributed by atoms with Crippen LogP contribution in [0.5, 0.6) is 0 Å². The highest BCUT2D eigenvalue weighted by molar-refractivity contribution is 7.71. The lowest BCUT2D eigenvalue weighted by molar-refractivity contribution is -0.137. The summed E-state index contributed by atoms with van der Waals surface area (Å²) < 4.78 is 42.6. The van der Waals surface area contributed by atoms with Gasteiger partial charge in [0.1, 0.15) is 5.82 Å². The first-order chi connectivity index (χ1) is 15.2. The van der Waals surface area contributed by atoms with Crippen molar-refractivity contribution in [2.45, 2.75) is 19.3 Å². The van der Waals surface area contributed by atoms with Crippen molar-refractivity contribution in [1.82, 2.24) is 24.2 Å². The van der Waals surface area contributed by atoms with Gasteiger partial charge in [-0.05, 0) is 55.0 Å². The summed E-state index contributed by atoms with van der Waals surface area (Å²) in [5.41, 5.74) is 0.191. The smallest absolute Gasteiger partial charge is 0.355 e. The lowest BCUT2D eigenvalue weighted by atomic mass is 10.2. The Labute approximate surface area is 193 Å². The quantitative estimate of drug-likeness (QED) is 0.497. The Morgan fingerprint density at radius 3 is 2.44 bits per heavy atom. The molecule has 3 heterocycles. The Kier molecular flexibility index (Phi) is 6.55. The monoisotopic (exact) mass is 482 g/mol. The van der Waals surface area contributed by atoms with Gasteiger partial charge in [0.15, 0.2) is 10.6 Å². The average Bonchev–Trinajstić information content (AvgIpc) is 2.93. The number of alkyl halides is 3. The van der Waals surface area contributed by atoms with E-state index in [2.05, 4.69) is 9.88 Å². The summed E-state index contributed by atoms with van der Waals surface area (Å²) in [7, 11) is 1.89. The number of rotatable bonds is 4. The molecule has 11 heteroatoms. The molecule has 2 aromatic heterocycles. The SMILES string of the molecule is Cn1c(-c2ccc(Cl)cc2)nn(CN2CCCN(c3ccc(C(F)(F)F)cn3)CC2)c1=S. The highest BCUT2D eigenvalue weighted by Crippen LogP contribution is 2.29. The van der Waals surface area contributed by atoms with Crippen LogP contribution in [-0.4, -0.2) is 50.4 Å². The molecule has 3 aromatic rings. The van der Waals surface area contributed by atoms with Gasteiger partial charge >= 0.3 is 6.18 Å². The molecule has 4 rings (SSSR count). The van der Waals surface area contributed by atoms with E-state index in [4.69, 9.17) is 28.9 Å². The van der Waals surface area contributed by atoms with Crippen LogP contribution in [-0.2, 0) is 19.9 Å². The summed E-state index contributed by atoms with van der Waals surface area (Å²) in [5.74, 6) is 1.32. The first-order valence-electron chi connectivity index (χ1n) is 10.1. The van der Waals surface area contributed by atoms with Crippen molar-refractivity contribution >= 4 is 29.6 Å². The molecular weight excluding hydrogens is 461 g/mol.